The second kappa shape index (κ2) is 6.89. The zero-order chi connectivity index (χ0) is 13.7. The van der Waals surface area contributed by atoms with E-state index in [4.69, 9.17) is 0 Å². The predicted molar refractivity (Wildman–Crippen MR) is 73.6 cm³/mol. The van der Waals surface area contributed by atoms with Crippen molar-refractivity contribution >= 4 is 11.8 Å². The molecule has 2 N–H and O–H groups in total. The number of nitrogens with one attached hydrogen (secondary N) is 2. The maximum absolute atomic E-state index is 12.1. The van der Waals surface area contributed by atoms with Crippen molar-refractivity contribution in [2.45, 2.75) is 45.1 Å². The number of nitrogens with zero attached hydrogens (tertiary/aromatic N) is 1. The summed E-state index contributed by atoms with van der Waals surface area (Å²) >= 11 is 0. The van der Waals surface area contributed by atoms with Crippen LogP contribution >= 0.6 is 0 Å². The second-order valence-corrected chi connectivity index (χ2v) is 5.65. The Hall–Kier alpha value is -1.10. The highest BCUT2D eigenvalue weighted by Crippen LogP contribution is 2.33. The van der Waals surface area contributed by atoms with Gasteiger partial charge in [0.2, 0.25) is 0 Å². The third-order valence-electron chi connectivity index (χ3n) is 3.96. The second-order valence-electron chi connectivity index (χ2n) is 5.65. The molecule has 1 aliphatic carbocycles. The van der Waals surface area contributed by atoms with Crippen molar-refractivity contribution in [2.24, 2.45) is 5.92 Å². The van der Waals surface area contributed by atoms with Gasteiger partial charge in [-0.25, -0.2) is 0 Å². The first-order valence-electron chi connectivity index (χ1n) is 7.51. The lowest BCUT2D eigenvalue weighted by Gasteiger charge is -2.22. The van der Waals surface area contributed by atoms with Crippen LogP contribution < -0.4 is 10.6 Å². The lowest BCUT2D eigenvalue weighted by molar-refractivity contribution is -0.146. The number of rotatable bonds is 4. The van der Waals surface area contributed by atoms with Crippen molar-refractivity contribution < 1.29 is 9.59 Å². The molecule has 19 heavy (non-hydrogen) atoms. The molecule has 0 bridgehead atoms. The van der Waals surface area contributed by atoms with Crippen LogP contribution in [0.5, 0.6) is 0 Å². The Morgan fingerprint density at radius 3 is 2.79 bits per heavy atom. The molecule has 0 aromatic heterocycles. The Kier molecular flexibility index (Phi) is 5.19. The molecule has 2 amide bonds. The van der Waals surface area contributed by atoms with E-state index in [1.54, 1.807) is 4.90 Å². The maximum atomic E-state index is 12.1. The van der Waals surface area contributed by atoms with Crippen LogP contribution in [0.3, 0.4) is 0 Å². The molecular weight excluding hydrogens is 242 g/mol. The van der Waals surface area contributed by atoms with Gasteiger partial charge in [0.1, 0.15) is 0 Å². The smallest absolute Gasteiger partial charge is 0.311 e. The largest absolute Gasteiger partial charge is 0.345 e. The Labute approximate surface area is 115 Å². The fourth-order valence-corrected chi connectivity index (χ4v) is 2.52. The van der Waals surface area contributed by atoms with Gasteiger partial charge in [0.05, 0.1) is 0 Å². The molecule has 1 aliphatic heterocycles. The lowest BCUT2D eigenvalue weighted by atomic mass is 10.1. The van der Waals surface area contributed by atoms with Gasteiger partial charge < -0.3 is 15.5 Å². The molecule has 1 saturated heterocycles. The van der Waals surface area contributed by atoms with Crippen LogP contribution in [-0.4, -0.2) is 48.9 Å². The van der Waals surface area contributed by atoms with Crippen LogP contribution in [0.1, 0.15) is 39.0 Å². The zero-order valence-electron chi connectivity index (χ0n) is 11.8. The van der Waals surface area contributed by atoms with Crippen molar-refractivity contribution in [2.75, 3.05) is 26.2 Å². The summed E-state index contributed by atoms with van der Waals surface area (Å²) in [7, 11) is 0. The molecule has 0 spiro atoms. The molecule has 5 heteroatoms. The van der Waals surface area contributed by atoms with E-state index in [0.717, 1.165) is 38.3 Å². The van der Waals surface area contributed by atoms with Crippen molar-refractivity contribution in [3.05, 3.63) is 0 Å². The highest BCUT2D eigenvalue weighted by molar-refractivity contribution is 6.35. The Balaban J connectivity index is 1.80. The van der Waals surface area contributed by atoms with E-state index in [2.05, 4.69) is 17.6 Å². The summed E-state index contributed by atoms with van der Waals surface area (Å²) in [6.07, 6.45) is 5.39. The molecular formula is C14H25N3O2. The molecule has 0 aromatic carbocycles. The minimum absolute atomic E-state index is 0.161. The SMILES string of the molecule is CCC(CC1CC1)NC(=O)C(=O)N1CCCNCC1. The van der Waals surface area contributed by atoms with Gasteiger partial charge in [0.15, 0.2) is 0 Å². The Morgan fingerprint density at radius 2 is 2.11 bits per heavy atom. The van der Waals surface area contributed by atoms with Gasteiger partial charge in [-0.3, -0.25) is 9.59 Å². The summed E-state index contributed by atoms with van der Waals surface area (Å²) in [6.45, 7) is 5.07. The molecule has 2 rings (SSSR count). The fourth-order valence-electron chi connectivity index (χ4n) is 2.52. The molecule has 1 unspecified atom stereocenters. The summed E-state index contributed by atoms with van der Waals surface area (Å²) in [5.41, 5.74) is 0. The van der Waals surface area contributed by atoms with E-state index < -0.39 is 5.91 Å². The minimum atomic E-state index is -0.422. The first-order chi connectivity index (χ1) is 9.20. The summed E-state index contributed by atoms with van der Waals surface area (Å²) in [5, 5.41) is 6.14. The molecule has 2 fully saturated rings. The average molecular weight is 267 g/mol. The van der Waals surface area contributed by atoms with Crippen LogP contribution in [0.2, 0.25) is 0 Å². The van der Waals surface area contributed by atoms with E-state index in [0.29, 0.717) is 13.1 Å². The van der Waals surface area contributed by atoms with Gasteiger partial charge in [0, 0.05) is 25.7 Å². The van der Waals surface area contributed by atoms with E-state index >= 15 is 0 Å². The number of amides is 2. The molecule has 1 saturated carbocycles. The molecule has 2 aliphatic rings. The summed E-state index contributed by atoms with van der Waals surface area (Å²) in [6, 6.07) is 0.161. The van der Waals surface area contributed by atoms with Gasteiger partial charge in [-0.15, -0.1) is 0 Å². The zero-order valence-corrected chi connectivity index (χ0v) is 11.8. The topological polar surface area (TPSA) is 61.4 Å². The predicted octanol–water partition coefficient (Wildman–Crippen LogP) is 0.503. The number of carbonyl (C=O) groups excluding carboxylic acids is 2. The minimum Gasteiger partial charge on any atom is -0.345 e. The quantitative estimate of drug-likeness (QED) is 0.729. The average Bonchev–Trinajstić information content (AvgIpc) is 3.23. The molecule has 1 heterocycles. The molecule has 5 nitrogen and oxygen atoms in total. The molecule has 0 aromatic rings. The van der Waals surface area contributed by atoms with Gasteiger partial charge in [0.25, 0.3) is 0 Å². The molecule has 108 valence electrons. The lowest BCUT2D eigenvalue weighted by Crippen LogP contribution is -2.47. The van der Waals surface area contributed by atoms with Crippen molar-refractivity contribution in [3.63, 3.8) is 0 Å². The first-order valence-corrected chi connectivity index (χ1v) is 7.51. The van der Waals surface area contributed by atoms with E-state index in [1.807, 2.05) is 0 Å². The van der Waals surface area contributed by atoms with Crippen LogP contribution in [-0.2, 0) is 9.59 Å². The third-order valence-corrected chi connectivity index (χ3v) is 3.96. The van der Waals surface area contributed by atoms with Gasteiger partial charge >= 0.3 is 11.8 Å². The van der Waals surface area contributed by atoms with Crippen molar-refractivity contribution in [3.8, 4) is 0 Å². The van der Waals surface area contributed by atoms with Crippen molar-refractivity contribution in [1.82, 2.24) is 15.5 Å². The number of carbonyl (C=O) groups is 2. The standard InChI is InChI=1S/C14H25N3O2/c1-2-12(10-11-4-5-11)16-13(18)14(19)17-8-3-6-15-7-9-17/h11-12,15H,2-10H2,1H3,(H,16,18). The van der Waals surface area contributed by atoms with Gasteiger partial charge in [-0.1, -0.05) is 19.8 Å². The van der Waals surface area contributed by atoms with Gasteiger partial charge in [-0.2, -0.15) is 0 Å². The van der Waals surface area contributed by atoms with E-state index in [-0.39, 0.29) is 11.9 Å². The Bertz CT molecular complexity index is 321. The van der Waals surface area contributed by atoms with Gasteiger partial charge in [-0.05, 0) is 31.7 Å². The van der Waals surface area contributed by atoms with Crippen molar-refractivity contribution in [1.29, 1.82) is 0 Å². The highest BCUT2D eigenvalue weighted by atomic mass is 16.2. The summed E-state index contributed by atoms with van der Waals surface area (Å²) in [5.74, 6) is -0.0184. The van der Waals surface area contributed by atoms with E-state index in [9.17, 15) is 9.59 Å². The molecule has 0 radical (unpaired) electrons. The first kappa shape index (κ1) is 14.3. The van der Waals surface area contributed by atoms with Crippen LogP contribution in [0.15, 0.2) is 0 Å². The van der Waals surface area contributed by atoms with Crippen LogP contribution in [0.4, 0.5) is 0 Å². The maximum Gasteiger partial charge on any atom is 0.311 e. The van der Waals surface area contributed by atoms with E-state index in [1.165, 1.54) is 12.8 Å². The summed E-state index contributed by atoms with van der Waals surface area (Å²) in [4.78, 5) is 25.8. The number of hydrogen-bond donors (Lipinski definition) is 2. The fraction of sp³-hybridized carbons (Fsp3) is 0.857. The normalized spacial score (nSPS) is 21.6. The monoisotopic (exact) mass is 267 g/mol. The van der Waals surface area contributed by atoms with Crippen LogP contribution in [0.25, 0.3) is 0 Å². The summed E-state index contributed by atoms with van der Waals surface area (Å²) < 4.78 is 0. The third kappa shape index (κ3) is 4.49. The highest BCUT2D eigenvalue weighted by Gasteiger charge is 2.28. The van der Waals surface area contributed by atoms with Crippen LogP contribution in [0, 0.1) is 5.92 Å². The number of hydrogen-bond acceptors (Lipinski definition) is 3. The molecule has 1 atom stereocenters. The Morgan fingerprint density at radius 1 is 1.32 bits per heavy atom.